The van der Waals surface area contributed by atoms with Crippen molar-refractivity contribution in [2.75, 3.05) is 6.61 Å². The molecule has 5 heteroatoms. The largest absolute Gasteiger partial charge is 0.493 e. The molecule has 2 aromatic rings. The highest BCUT2D eigenvalue weighted by atomic mass is 16.5. The topological polar surface area (TPSA) is 69.7 Å². The number of hydrogen-bond donors (Lipinski definition) is 0. The van der Waals surface area contributed by atoms with Gasteiger partial charge in [-0.15, -0.1) is 0 Å². The summed E-state index contributed by atoms with van der Waals surface area (Å²) in [5.74, 6) is -0.934. The minimum atomic E-state index is -0.576. The molecule has 3 rings (SSSR count). The summed E-state index contributed by atoms with van der Waals surface area (Å²) in [6.45, 7) is 0.629. The molecule has 0 fully saturated rings. The summed E-state index contributed by atoms with van der Waals surface area (Å²) in [6, 6.07) is 16.4. The molecule has 0 heterocycles. The summed E-state index contributed by atoms with van der Waals surface area (Å²) < 4.78 is 10.9. The third kappa shape index (κ3) is 4.91. The first-order valence-electron chi connectivity index (χ1n) is 8.87. The Morgan fingerprint density at radius 2 is 1.56 bits per heavy atom. The van der Waals surface area contributed by atoms with Crippen molar-refractivity contribution in [2.45, 2.75) is 25.9 Å². The van der Waals surface area contributed by atoms with Crippen molar-refractivity contribution in [3.8, 4) is 0 Å². The molecule has 27 heavy (non-hydrogen) atoms. The van der Waals surface area contributed by atoms with Gasteiger partial charge in [0.25, 0.3) is 0 Å². The fourth-order valence-corrected chi connectivity index (χ4v) is 2.77. The second kappa shape index (κ2) is 8.94. The van der Waals surface area contributed by atoms with Crippen LogP contribution in [0.2, 0.25) is 0 Å². The number of Topliss-reactive ketones (excluding diaryl/α,β-unsaturated/α-hetero) is 1. The molecular weight excluding hydrogens is 344 g/mol. The van der Waals surface area contributed by atoms with Crippen LogP contribution in [-0.4, -0.2) is 24.1 Å². The molecule has 0 bridgehead atoms. The van der Waals surface area contributed by atoms with Gasteiger partial charge >= 0.3 is 5.97 Å². The lowest BCUT2D eigenvalue weighted by molar-refractivity contribution is -0.145. The van der Waals surface area contributed by atoms with Crippen molar-refractivity contribution in [1.82, 2.24) is 0 Å². The van der Waals surface area contributed by atoms with E-state index in [0.29, 0.717) is 42.8 Å². The maximum Gasteiger partial charge on any atom is 0.306 e. The second-order valence-electron chi connectivity index (χ2n) is 6.20. The van der Waals surface area contributed by atoms with Crippen LogP contribution < -0.4 is 0 Å². The average molecular weight is 364 g/mol. The molecular formula is C22H20O5. The van der Waals surface area contributed by atoms with Crippen LogP contribution in [0.4, 0.5) is 0 Å². The number of ketones is 2. The molecule has 0 amide bonds. The van der Waals surface area contributed by atoms with Gasteiger partial charge in [-0.2, -0.15) is 0 Å². The van der Waals surface area contributed by atoms with E-state index in [-0.39, 0.29) is 12.6 Å². The molecule has 0 saturated heterocycles. The Hall–Kier alpha value is -3.21. The summed E-state index contributed by atoms with van der Waals surface area (Å²) >= 11 is 0. The lowest BCUT2D eigenvalue weighted by atomic mass is 9.94. The molecule has 1 aliphatic carbocycles. The summed E-state index contributed by atoms with van der Waals surface area (Å²) in [5, 5.41) is 0. The highest BCUT2D eigenvalue weighted by Crippen LogP contribution is 2.26. The lowest BCUT2D eigenvalue weighted by Crippen LogP contribution is -2.19. The zero-order valence-electron chi connectivity index (χ0n) is 14.9. The number of unbranched alkanes of at least 4 members (excludes halogenated alkanes) is 1. The van der Waals surface area contributed by atoms with Crippen molar-refractivity contribution in [3.63, 3.8) is 0 Å². The monoisotopic (exact) mass is 364 g/mol. The number of carbonyl (C=O) groups is 3. The summed E-state index contributed by atoms with van der Waals surface area (Å²) in [7, 11) is 0. The molecule has 0 spiro atoms. The first kappa shape index (κ1) is 18.6. The minimum absolute atomic E-state index is 0.248. The Kier molecular flexibility index (Phi) is 6.15. The third-order valence-electron chi connectivity index (χ3n) is 4.20. The van der Waals surface area contributed by atoms with E-state index in [0.717, 1.165) is 5.56 Å². The maximum absolute atomic E-state index is 11.9. The third-order valence-corrected chi connectivity index (χ3v) is 4.20. The Morgan fingerprint density at radius 1 is 0.852 bits per heavy atom. The van der Waals surface area contributed by atoms with Crippen LogP contribution in [-0.2, 0) is 25.7 Å². The van der Waals surface area contributed by atoms with Gasteiger partial charge in [-0.3, -0.25) is 14.4 Å². The van der Waals surface area contributed by atoms with Gasteiger partial charge in [-0.05, 0) is 18.4 Å². The Bertz CT molecular complexity index is 867. The van der Waals surface area contributed by atoms with E-state index in [9.17, 15) is 14.4 Å². The molecule has 0 N–H and O–H groups in total. The van der Waals surface area contributed by atoms with Gasteiger partial charge in [0.2, 0.25) is 11.6 Å². The molecule has 0 radical (unpaired) electrons. The van der Waals surface area contributed by atoms with Crippen molar-refractivity contribution in [3.05, 3.63) is 77.4 Å². The predicted octanol–water partition coefficient (Wildman–Crippen LogP) is 3.72. The van der Waals surface area contributed by atoms with E-state index in [1.165, 1.54) is 6.08 Å². The minimum Gasteiger partial charge on any atom is -0.493 e. The lowest BCUT2D eigenvalue weighted by Gasteiger charge is -2.16. The number of fused-ring (bicyclic) bond motifs is 1. The van der Waals surface area contributed by atoms with Crippen LogP contribution in [0.15, 0.2) is 60.7 Å². The normalized spacial score (nSPS) is 13.0. The van der Waals surface area contributed by atoms with Gasteiger partial charge in [-0.25, -0.2) is 0 Å². The van der Waals surface area contributed by atoms with Gasteiger partial charge in [0.1, 0.15) is 12.4 Å². The summed E-state index contributed by atoms with van der Waals surface area (Å²) in [4.78, 5) is 35.4. The number of ether oxygens (including phenoxy) is 2. The Balaban J connectivity index is 1.40. The number of hydrogen-bond acceptors (Lipinski definition) is 5. The van der Waals surface area contributed by atoms with E-state index >= 15 is 0 Å². The van der Waals surface area contributed by atoms with E-state index < -0.39 is 11.6 Å². The second-order valence-corrected chi connectivity index (χ2v) is 6.20. The molecule has 0 unspecified atom stereocenters. The Labute approximate surface area is 157 Å². The van der Waals surface area contributed by atoms with Crippen LogP contribution in [0.3, 0.4) is 0 Å². The van der Waals surface area contributed by atoms with Crippen LogP contribution in [0.1, 0.15) is 40.7 Å². The highest BCUT2D eigenvalue weighted by Gasteiger charge is 2.26. The number of carbonyl (C=O) groups excluding carboxylic acids is 3. The number of esters is 1. The Morgan fingerprint density at radius 3 is 2.33 bits per heavy atom. The van der Waals surface area contributed by atoms with Crippen LogP contribution in [0.25, 0.3) is 5.76 Å². The number of rotatable bonds is 8. The zero-order valence-corrected chi connectivity index (χ0v) is 14.9. The molecule has 2 aromatic carbocycles. The van der Waals surface area contributed by atoms with Gasteiger partial charge < -0.3 is 9.47 Å². The number of benzene rings is 2. The predicted molar refractivity (Wildman–Crippen MR) is 99.8 cm³/mol. The van der Waals surface area contributed by atoms with Crippen LogP contribution in [0, 0.1) is 0 Å². The molecule has 0 atom stereocenters. The van der Waals surface area contributed by atoms with Gasteiger partial charge in [0.15, 0.2) is 0 Å². The maximum atomic E-state index is 11.9. The van der Waals surface area contributed by atoms with E-state index in [1.807, 2.05) is 30.3 Å². The van der Waals surface area contributed by atoms with Gasteiger partial charge in [0.05, 0.1) is 6.61 Å². The molecule has 0 aromatic heterocycles. The summed E-state index contributed by atoms with van der Waals surface area (Å²) in [5.41, 5.74) is 1.95. The quantitative estimate of drug-likeness (QED) is 0.406. The molecule has 0 aliphatic heterocycles. The zero-order chi connectivity index (χ0) is 19.1. The fraction of sp³-hybridized carbons (Fsp3) is 0.227. The number of allylic oxidation sites excluding steroid dienone is 1. The first-order valence-corrected chi connectivity index (χ1v) is 8.87. The average Bonchev–Trinajstić information content (AvgIpc) is 2.70. The van der Waals surface area contributed by atoms with Gasteiger partial charge in [0, 0.05) is 23.6 Å². The van der Waals surface area contributed by atoms with Crippen molar-refractivity contribution in [1.29, 1.82) is 0 Å². The van der Waals surface area contributed by atoms with Crippen molar-refractivity contribution in [2.24, 2.45) is 0 Å². The van der Waals surface area contributed by atoms with E-state index in [4.69, 9.17) is 9.47 Å². The molecule has 0 saturated carbocycles. The standard InChI is InChI=1S/C22H20O5/c23-19-14-20(17-10-4-5-11-18(17)22(19)25)26-13-7-6-12-21(24)27-15-16-8-2-1-3-9-16/h1-5,8-11,14H,6-7,12-13,15H2. The molecule has 5 nitrogen and oxygen atoms in total. The van der Waals surface area contributed by atoms with Crippen molar-refractivity contribution >= 4 is 23.3 Å². The van der Waals surface area contributed by atoms with Crippen LogP contribution in [0.5, 0.6) is 0 Å². The van der Waals surface area contributed by atoms with E-state index in [1.54, 1.807) is 24.3 Å². The van der Waals surface area contributed by atoms with E-state index in [2.05, 4.69) is 0 Å². The summed E-state index contributed by atoms with van der Waals surface area (Å²) in [6.07, 6.45) is 2.81. The highest BCUT2D eigenvalue weighted by molar-refractivity contribution is 6.50. The smallest absolute Gasteiger partial charge is 0.306 e. The fourth-order valence-electron chi connectivity index (χ4n) is 2.77. The SMILES string of the molecule is O=C(CCCCOC1=CC(=O)C(=O)c2ccccc21)OCc1ccccc1. The molecule has 138 valence electrons. The van der Waals surface area contributed by atoms with Crippen molar-refractivity contribution < 1.29 is 23.9 Å². The first-order chi connectivity index (χ1) is 13.1. The van der Waals surface area contributed by atoms with Crippen LogP contribution >= 0.6 is 0 Å². The van der Waals surface area contributed by atoms with Gasteiger partial charge in [-0.1, -0.05) is 54.6 Å². The molecule has 1 aliphatic rings.